The first-order chi connectivity index (χ1) is 14.2. The summed E-state index contributed by atoms with van der Waals surface area (Å²) in [5.74, 6) is -0.635. The van der Waals surface area contributed by atoms with Gasteiger partial charge in [-0.1, -0.05) is 0 Å². The SMILES string of the molecule is O=C(Nc1ccccc1-c1c(F)cccc1[Se]c1ccccc1)c1ccccn1. The van der Waals surface area contributed by atoms with Gasteiger partial charge in [-0.2, -0.15) is 0 Å². The van der Waals surface area contributed by atoms with Crippen molar-refractivity contribution in [3.63, 3.8) is 0 Å². The first kappa shape index (κ1) is 19.1. The van der Waals surface area contributed by atoms with Gasteiger partial charge < -0.3 is 0 Å². The average Bonchev–Trinajstić information content (AvgIpc) is 2.76. The second kappa shape index (κ2) is 8.82. The molecule has 0 fully saturated rings. The Labute approximate surface area is 174 Å². The van der Waals surface area contributed by atoms with E-state index >= 15 is 0 Å². The van der Waals surface area contributed by atoms with Gasteiger partial charge in [0.25, 0.3) is 0 Å². The van der Waals surface area contributed by atoms with Gasteiger partial charge in [-0.15, -0.1) is 0 Å². The van der Waals surface area contributed by atoms with Gasteiger partial charge in [-0.05, 0) is 0 Å². The van der Waals surface area contributed by atoms with E-state index in [0.717, 1.165) is 8.92 Å². The maximum absolute atomic E-state index is 15.0. The van der Waals surface area contributed by atoms with E-state index in [1.165, 1.54) is 6.07 Å². The molecule has 4 rings (SSSR count). The van der Waals surface area contributed by atoms with Gasteiger partial charge in [-0.3, -0.25) is 0 Å². The molecule has 3 aromatic carbocycles. The van der Waals surface area contributed by atoms with Crippen molar-refractivity contribution in [1.82, 2.24) is 4.98 Å². The van der Waals surface area contributed by atoms with Crippen LogP contribution in [-0.2, 0) is 0 Å². The molecule has 0 atom stereocenters. The van der Waals surface area contributed by atoms with Crippen LogP contribution in [-0.4, -0.2) is 25.8 Å². The number of carbonyl (C=O) groups excluding carboxylic acids is 1. The van der Waals surface area contributed by atoms with Crippen LogP contribution < -0.4 is 14.2 Å². The molecule has 1 heterocycles. The Kier molecular flexibility index (Phi) is 5.80. The number of halogens is 1. The van der Waals surface area contributed by atoms with Crippen molar-refractivity contribution in [1.29, 1.82) is 0 Å². The van der Waals surface area contributed by atoms with Crippen LogP contribution in [0.15, 0.2) is 97.2 Å². The second-order valence-corrected chi connectivity index (χ2v) is 8.58. The molecule has 0 unspecified atom stereocenters. The Morgan fingerprint density at radius 1 is 0.828 bits per heavy atom. The summed E-state index contributed by atoms with van der Waals surface area (Å²) in [4.78, 5) is 16.7. The molecule has 29 heavy (non-hydrogen) atoms. The summed E-state index contributed by atoms with van der Waals surface area (Å²) in [6.45, 7) is 0. The summed E-state index contributed by atoms with van der Waals surface area (Å²) in [6, 6.07) is 27.6. The minimum absolute atomic E-state index is 0.0726. The molecule has 0 spiro atoms. The van der Waals surface area contributed by atoms with E-state index in [9.17, 15) is 9.18 Å². The minimum atomic E-state index is -0.329. The van der Waals surface area contributed by atoms with Gasteiger partial charge >= 0.3 is 175 Å². The quantitative estimate of drug-likeness (QED) is 0.473. The number of anilines is 1. The molecule has 1 aromatic heterocycles. The second-order valence-electron chi connectivity index (χ2n) is 6.24. The number of nitrogens with one attached hydrogen (secondary N) is 1. The first-order valence-electron chi connectivity index (χ1n) is 9.05. The third-order valence-corrected chi connectivity index (χ3v) is 6.53. The van der Waals surface area contributed by atoms with Crippen LogP contribution >= 0.6 is 0 Å². The van der Waals surface area contributed by atoms with Crippen LogP contribution in [0, 0.1) is 5.82 Å². The molecule has 0 saturated carbocycles. The fourth-order valence-electron chi connectivity index (χ4n) is 2.96. The standard InChI is InChI=1S/C24H17FN2OSe/c25-19-12-8-15-22(29-17-9-2-1-3-10-17)23(19)18-11-4-5-13-20(18)27-24(28)21-14-6-7-16-26-21/h1-16H,(H,27,28). The van der Waals surface area contributed by atoms with Crippen molar-refractivity contribution in [3.05, 3.63) is 109 Å². The van der Waals surface area contributed by atoms with Gasteiger partial charge in [0.2, 0.25) is 0 Å². The van der Waals surface area contributed by atoms with E-state index in [2.05, 4.69) is 10.3 Å². The molecule has 1 N–H and O–H groups in total. The normalized spacial score (nSPS) is 10.5. The van der Waals surface area contributed by atoms with Crippen LogP contribution in [0.1, 0.15) is 10.5 Å². The van der Waals surface area contributed by atoms with Crippen molar-refractivity contribution in [3.8, 4) is 11.1 Å². The van der Waals surface area contributed by atoms with Gasteiger partial charge in [0.15, 0.2) is 0 Å². The summed E-state index contributed by atoms with van der Waals surface area (Å²) in [5.41, 5.74) is 2.04. The van der Waals surface area contributed by atoms with E-state index in [-0.39, 0.29) is 26.7 Å². The first-order valence-corrected chi connectivity index (χ1v) is 10.8. The Morgan fingerprint density at radius 2 is 1.59 bits per heavy atom. The number of amides is 1. The molecule has 3 nitrogen and oxygen atoms in total. The zero-order valence-corrected chi connectivity index (χ0v) is 17.1. The molecule has 0 bridgehead atoms. The number of hydrogen-bond donors (Lipinski definition) is 1. The van der Waals surface area contributed by atoms with Crippen molar-refractivity contribution >= 4 is 35.5 Å². The predicted octanol–water partition coefficient (Wildman–Crippen LogP) is 3.80. The van der Waals surface area contributed by atoms with E-state index in [0.29, 0.717) is 22.5 Å². The van der Waals surface area contributed by atoms with Gasteiger partial charge in [0, 0.05) is 0 Å². The molecular formula is C24H17FN2OSe. The topological polar surface area (TPSA) is 42.0 Å². The molecule has 5 heteroatoms. The van der Waals surface area contributed by atoms with Crippen LogP contribution in [0.3, 0.4) is 0 Å². The van der Waals surface area contributed by atoms with Crippen LogP contribution in [0.2, 0.25) is 0 Å². The summed E-state index contributed by atoms with van der Waals surface area (Å²) < 4.78 is 17.0. The van der Waals surface area contributed by atoms with E-state index in [1.54, 1.807) is 36.5 Å². The fraction of sp³-hybridized carbons (Fsp3) is 0. The van der Waals surface area contributed by atoms with Crippen molar-refractivity contribution < 1.29 is 9.18 Å². The molecule has 0 saturated heterocycles. The van der Waals surface area contributed by atoms with Crippen molar-refractivity contribution in [2.75, 3.05) is 5.32 Å². The fourth-order valence-corrected chi connectivity index (χ4v) is 5.06. The third kappa shape index (κ3) is 4.43. The van der Waals surface area contributed by atoms with Gasteiger partial charge in [0.1, 0.15) is 0 Å². The monoisotopic (exact) mass is 448 g/mol. The number of pyridine rings is 1. The van der Waals surface area contributed by atoms with Crippen LogP contribution in [0.25, 0.3) is 11.1 Å². The number of carbonyl (C=O) groups is 1. The molecule has 1 amide bonds. The van der Waals surface area contributed by atoms with E-state index < -0.39 is 0 Å². The molecule has 142 valence electrons. The summed E-state index contributed by atoms with van der Waals surface area (Å²) in [7, 11) is 0. The molecular weight excluding hydrogens is 430 g/mol. The number of aromatic nitrogens is 1. The Morgan fingerprint density at radius 3 is 2.38 bits per heavy atom. The number of nitrogens with zero attached hydrogens (tertiary/aromatic N) is 1. The molecule has 4 aromatic rings. The van der Waals surface area contributed by atoms with Gasteiger partial charge in [-0.25, -0.2) is 0 Å². The summed E-state index contributed by atoms with van der Waals surface area (Å²) >= 11 is -0.0726. The summed E-state index contributed by atoms with van der Waals surface area (Å²) in [6.07, 6.45) is 1.57. The van der Waals surface area contributed by atoms with Gasteiger partial charge in [0.05, 0.1) is 0 Å². The van der Waals surface area contributed by atoms with Crippen LogP contribution in [0.4, 0.5) is 10.1 Å². The maximum atomic E-state index is 15.0. The molecule has 0 aliphatic carbocycles. The zero-order valence-electron chi connectivity index (χ0n) is 15.4. The zero-order chi connectivity index (χ0) is 20.1. The van der Waals surface area contributed by atoms with Crippen LogP contribution in [0.5, 0.6) is 0 Å². The predicted molar refractivity (Wildman–Crippen MR) is 115 cm³/mol. The number of rotatable bonds is 5. The Hall–Kier alpha value is -3.27. The number of hydrogen-bond acceptors (Lipinski definition) is 2. The van der Waals surface area contributed by atoms with E-state index in [4.69, 9.17) is 0 Å². The average molecular weight is 447 g/mol. The Balaban J connectivity index is 1.73. The number of para-hydroxylation sites is 1. The summed E-state index contributed by atoms with van der Waals surface area (Å²) in [5, 5.41) is 2.88. The van der Waals surface area contributed by atoms with Crippen molar-refractivity contribution in [2.24, 2.45) is 0 Å². The third-order valence-electron chi connectivity index (χ3n) is 4.29. The van der Waals surface area contributed by atoms with E-state index in [1.807, 2.05) is 54.6 Å². The molecule has 0 aliphatic rings. The van der Waals surface area contributed by atoms with Crippen molar-refractivity contribution in [2.45, 2.75) is 0 Å². The molecule has 0 aliphatic heterocycles. The Bertz CT molecular complexity index is 1130. The molecule has 0 radical (unpaired) electrons. The number of benzene rings is 3.